The molecule has 118 valence electrons. The van der Waals surface area contributed by atoms with E-state index in [1.807, 2.05) is 0 Å². The van der Waals surface area contributed by atoms with Crippen LogP contribution in [0.4, 0.5) is 0 Å². The van der Waals surface area contributed by atoms with Gasteiger partial charge in [0.15, 0.2) is 0 Å². The third kappa shape index (κ3) is 12.5. The fourth-order valence-electron chi connectivity index (χ4n) is 2.53. The van der Waals surface area contributed by atoms with Crippen molar-refractivity contribution in [2.24, 2.45) is 17.8 Å². The average Bonchev–Trinajstić information content (AvgIpc) is 2.38. The van der Waals surface area contributed by atoms with Crippen LogP contribution in [0.1, 0.15) is 86.5 Å². The molecule has 0 aliphatic heterocycles. The van der Waals surface area contributed by atoms with Gasteiger partial charge in [-0.15, -0.1) is 0 Å². The highest BCUT2D eigenvalue weighted by molar-refractivity contribution is 5.14. The Kier molecular flexibility index (Phi) is 11.9. The van der Waals surface area contributed by atoms with E-state index in [-0.39, 0.29) is 0 Å². The first kappa shape index (κ1) is 19.5. The first-order valence-corrected chi connectivity index (χ1v) is 8.75. The van der Waals surface area contributed by atoms with Crippen molar-refractivity contribution in [1.29, 1.82) is 0 Å². The molecule has 0 amide bonds. The van der Waals surface area contributed by atoms with Crippen molar-refractivity contribution in [3.63, 3.8) is 0 Å². The molecule has 0 aromatic heterocycles. The summed E-state index contributed by atoms with van der Waals surface area (Å²) in [4.78, 5) is 0. The van der Waals surface area contributed by atoms with Crippen molar-refractivity contribution in [1.82, 2.24) is 0 Å². The lowest BCUT2D eigenvalue weighted by Gasteiger charge is -2.14. The van der Waals surface area contributed by atoms with E-state index in [2.05, 4.69) is 59.8 Å². The second-order valence-electron chi connectivity index (χ2n) is 7.14. The van der Waals surface area contributed by atoms with Gasteiger partial charge in [0.1, 0.15) is 0 Å². The number of hydrogen-bond acceptors (Lipinski definition) is 0. The number of rotatable bonds is 11. The zero-order valence-electron chi connectivity index (χ0n) is 14.9. The first-order valence-electron chi connectivity index (χ1n) is 8.75. The summed E-state index contributed by atoms with van der Waals surface area (Å²) < 4.78 is 0. The van der Waals surface area contributed by atoms with Crippen molar-refractivity contribution in [2.75, 3.05) is 0 Å². The normalized spacial score (nSPS) is 16.1. The van der Waals surface area contributed by atoms with Crippen molar-refractivity contribution in [2.45, 2.75) is 86.5 Å². The quantitative estimate of drug-likeness (QED) is 0.351. The molecular formula is C20H38. The topological polar surface area (TPSA) is 0 Å². The Bertz CT molecular complexity index is 270. The average molecular weight is 279 g/mol. The van der Waals surface area contributed by atoms with Crippen molar-refractivity contribution in [3.8, 4) is 0 Å². The third-order valence-corrected chi connectivity index (χ3v) is 4.25. The molecule has 0 nitrogen and oxygen atoms in total. The molecule has 0 aromatic carbocycles. The molecule has 2 atom stereocenters. The maximum Gasteiger partial charge on any atom is -0.0322 e. The Hall–Kier alpha value is -0.520. The Morgan fingerprint density at radius 2 is 1.40 bits per heavy atom. The maximum atomic E-state index is 2.43. The molecule has 0 bridgehead atoms. The lowest BCUT2D eigenvalue weighted by Crippen LogP contribution is -1.99. The summed E-state index contributed by atoms with van der Waals surface area (Å²) in [5, 5.41) is 0. The van der Waals surface area contributed by atoms with Gasteiger partial charge in [-0.2, -0.15) is 0 Å². The fourth-order valence-corrected chi connectivity index (χ4v) is 2.53. The van der Waals surface area contributed by atoms with Gasteiger partial charge in [0.05, 0.1) is 0 Å². The molecule has 0 rings (SSSR count). The molecule has 0 spiro atoms. The second kappa shape index (κ2) is 12.2. The Labute approximate surface area is 128 Å². The van der Waals surface area contributed by atoms with Crippen LogP contribution in [-0.2, 0) is 0 Å². The van der Waals surface area contributed by atoms with Crippen LogP contribution < -0.4 is 0 Å². The van der Waals surface area contributed by atoms with Crippen LogP contribution in [0, 0.1) is 17.8 Å². The molecule has 20 heavy (non-hydrogen) atoms. The molecule has 0 saturated heterocycles. The Morgan fingerprint density at radius 1 is 0.850 bits per heavy atom. The van der Waals surface area contributed by atoms with E-state index in [0.29, 0.717) is 0 Å². The minimum Gasteiger partial charge on any atom is -0.0847 e. The number of allylic oxidation sites excluding steroid dienone is 4. The molecule has 0 heterocycles. The predicted octanol–water partition coefficient (Wildman–Crippen LogP) is 7.17. The van der Waals surface area contributed by atoms with Crippen LogP contribution in [0.2, 0.25) is 0 Å². The lowest BCUT2D eigenvalue weighted by molar-refractivity contribution is 0.401. The summed E-state index contributed by atoms with van der Waals surface area (Å²) in [5.74, 6) is 2.62. The van der Waals surface area contributed by atoms with Gasteiger partial charge >= 0.3 is 0 Å². The molecule has 2 unspecified atom stereocenters. The largest absolute Gasteiger partial charge is 0.0847 e. The van der Waals surface area contributed by atoms with Gasteiger partial charge in [0.2, 0.25) is 0 Å². The van der Waals surface area contributed by atoms with Crippen LogP contribution in [0.25, 0.3) is 0 Å². The summed E-state index contributed by atoms with van der Waals surface area (Å²) in [6.07, 6.45) is 16.4. The van der Waals surface area contributed by atoms with Crippen molar-refractivity contribution < 1.29 is 0 Å². The van der Waals surface area contributed by atoms with Gasteiger partial charge in [-0.25, -0.2) is 0 Å². The van der Waals surface area contributed by atoms with E-state index in [1.54, 1.807) is 0 Å². The summed E-state index contributed by atoms with van der Waals surface area (Å²) >= 11 is 0. The minimum absolute atomic E-state index is 0.832. The molecule has 0 saturated carbocycles. The van der Waals surface area contributed by atoms with Crippen LogP contribution in [0.5, 0.6) is 0 Å². The Balaban J connectivity index is 3.60. The fraction of sp³-hybridized carbons (Fsp3) is 0.800. The van der Waals surface area contributed by atoms with Crippen LogP contribution >= 0.6 is 0 Å². The van der Waals surface area contributed by atoms with E-state index >= 15 is 0 Å². The lowest BCUT2D eigenvalue weighted by atomic mass is 9.92. The molecule has 0 fully saturated rings. The highest BCUT2D eigenvalue weighted by Crippen LogP contribution is 2.20. The molecule has 0 radical (unpaired) electrons. The van der Waals surface area contributed by atoms with E-state index in [4.69, 9.17) is 0 Å². The van der Waals surface area contributed by atoms with E-state index in [9.17, 15) is 0 Å². The minimum atomic E-state index is 0.832. The van der Waals surface area contributed by atoms with Crippen LogP contribution in [-0.4, -0.2) is 0 Å². The SMILES string of the molecule is C/C=C(C)/C=C/CC(C)CCCC(C)CCCC(C)C. The van der Waals surface area contributed by atoms with Crippen molar-refractivity contribution in [3.05, 3.63) is 23.8 Å². The second-order valence-corrected chi connectivity index (χ2v) is 7.14. The summed E-state index contributed by atoms with van der Waals surface area (Å²) in [5.41, 5.74) is 1.37. The van der Waals surface area contributed by atoms with E-state index in [1.165, 1.54) is 50.5 Å². The van der Waals surface area contributed by atoms with Gasteiger partial charge in [-0.05, 0) is 38.0 Å². The smallest absolute Gasteiger partial charge is 0.0322 e. The molecule has 0 aromatic rings. The highest BCUT2D eigenvalue weighted by Gasteiger charge is 2.05. The maximum absolute atomic E-state index is 2.43. The summed E-state index contributed by atoms with van der Waals surface area (Å²) in [6, 6.07) is 0. The van der Waals surface area contributed by atoms with E-state index in [0.717, 1.165) is 17.8 Å². The van der Waals surface area contributed by atoms with Gasteiger partial charge < -0.3 is 0 Å². The first-order chi connectivity index (χ1) is 9.45. The molecule has 0 aliphatic rings. The zero-order valence-corrected chi connectivity index (χ0v) is 14.9. The van der Waals surface area contributed by atoms with Gasteiger partial charge in [-0.1, -0.05) is 90.0 Å². The molecule has 0 aliphatic carbocycles. The third-order valence-electron chi connectivity index (χ3n) is 4.25. The van der Waals surface area contributed by atoms with Crippen LogP contribution in [0.15, 0.2) is 23.8 Å². The van der Waals surface area contributed by atoms with E-state index < -0.39 is 0 Å². The van der Waals surface area contributed by atoms with Gasteiger partial charge in [-0.3, -0.25) is 0 Å². The van der Waals surface area contributed by atoms with Crippen molar-refractivity contribution >= 4 is 0 Å². The van der Waals surface area contributed by atoms with Crippen LogP contribution in [0.3, 0.4) is 0 Å². The summed E-state index contributed by atoms with van der Waals surface area (Å²) in [6.45, 7) is 13.7. The standard InChI is InChI=1S/C20H38/c1-7-18(4)12-9-14-20(6)16-10-15-19(5)13-8-11-17(2)3/h7,9,12,17,19-20H,8,10-11,13-16H2,1-6H3/b12-9+,18-7+. The highest BCUT2D eigenvalue weighted by atomic mass is 14.1. The summed E-state index contributed by atoms with van der Waals surface area (Å²) in [7, 11) is 0. The molecule has 0 N–H and O–H groups in total. The monoisotopic (exact) mass is 278 g/mol. The van der Waals surface area contributed by atoms with Gasteiger partial charge in [0, 0.05) is 0 Å². The molecule has 0 heteroatoms. The number of hydrogen-bond donors (Lipinski definition) is 0. The van der Waals surface area contributed by atoms with Gasteiger partial charge in [0.25, 0.3) is 0 Å². The zero-order chi connectivity index (χ0) is 15.4. The predicted molar refractivity (Wildman–Crippen MR) is 94.1 cm³/mol. The molecular weight excluding hydrogens is 240 g/mol. The Morgan fingerprint density at radius 3 is 1.95 bits per heavy atom.